The molecule has 3 heterocycles. The van der Waals surface area contributed by atoms with Gasteiger partial charge >= 0.3 is 0 Å². The van der Waals surface area contributed by atoms with E-state index in [0.29, 0.717) is 11.4 Å². The summed E-state index contributed by atoms with van der Waals surface area (Å²) in [5, 5.41) is 3.73. The lowest BCUT2D eigenvalue weighted by Gasteiger charge is -2.10. The number of hydrogen-bond acceptors (Lipinski definition) is 4. The van der Waals surface area contributed by atoms with E-state index < -0.39 is 0 Å². The number of carbonyl (C=O) groups excluding carboxylic acids is 1. The van der Waals surface area contributed by atoms with Gasteiger partial charge in [0.1, 0.15) is 17.5 Å². The molecule has 160 valence electrons. The first-order chi connectivity index (χ1) is 15.6. The normalized spacial score (nSPS) is 12.6. The third kappa shape index (κ3) is 4.13. The van der Waals surface area contributed by atoms with Gasteiger partial charge in [0.2, 0.25) is 5.91 Å². The van der Waals surface area contributed by atoms with Gasteiger partial charge in [-0.3, -0.25) is 4.79 Å². The maximum absolute atomic E-state index is 13.4. The fraction of sp³-hybridized carbons (Fsp3) is 0.125. The van der Waals surface area contributed by atoms with Crippen molar-refractivity contribution < 1.29 is 13.6 Å². The molecule has 5 rings (SSSR count). The number of pyridine rings is 1. The van der Waals surface area contributed by atoms with Crippen LogP contribution in [0.5, 0.6) is 0 Å². The Balaban J connectivity index is 1.45. The molecule has 0 saturated heterocycles. The van der Waals surface area contributed by atoms with E-state index in [-0.39, 0.29) is 24.0 Å². The Morgan fingerprint density at radius 3 is 2.47 bits per heavy atom. The number of carbonyl (C=O) groups is 1. The lowest BCUT2D eigenvalue weighted by Crippen LogP contribution is -2.15. The Morgan fingerprint density at radius 2 is 1.72 bits per heavy atom. The summed E-state index contributed by atoms with van der Waals surface area (Å²) in [5.41, 5.74) is 4.07. The maximum Gasteiger partial charge on any atom is 0.229 e. The average Bonchev–Trinajstić information content (AvgIpc) is 3.37. The minimum absolute atomic E-state index is 0.117. The van der Waals surface area contributed by atoms with E-state index in [0.717, 1.165) is 40.0 Å². The van der Waals surface area contributed by atoms with Crippen LogP contribution in [0.2, 0.25) is 0 Å². The van der Waals surface area contributed by atoms with Gasteiger partial charge in [-0.15, -0.1) is 0 Å². The summed E-state index contributed by atoms with van der Waals surface area (Å²) in [6, 6.07) is 15.8. The minimum atomic E-state index is -0.341. The van der Waals surface area contributed by atoms with Gasteiger partial charge in [-0.1, -0.05) is 23.9 Å². The predicted octanol–water partition coefficient (Wildman–Crippen LogP) is 5.18. The monoisotopic (exact) mass is 448 g/mol. The molecule has 4 aromatic rings. The van der Waals surface area contributed by atoms with Crippen molar-refractivity contribution >= 4 is 23.5 Å². The lowest BCUT2D eigenvalue weighted by molar-refractivity contribution is -0.115. The van der Waals surface area contributed by atoms with Gasteiger partial charge in [-0.05, 0) is 54.1 Å². The molecule has 2 aromatic heterocycles. The fourth-order valence-electron chi connectivity index (χ4n) is 3.70. The number of nitrogens with zero attached hydrogens (tertiary/aromatic N) is 3. The number of anilines is 1. The average molecular weight is 448 g/mol. The predicted molar refractivity (Wildman–Crippen MR) is 120 cm³/mol. The highest BCUT2D eigenvalue weighted by atomic mass is 32.2. The SMILES string of the molecule is O=C(Cc1ccc(F)cc1)Nc1cc(-c2c(-c3ccc(F)cc3)nc3n2CCS3)ccn1. The number of benzene rings is 2. The van der Waals surface area contributed by atoms with Crippen LogP contribution < -0.4 is 5.32 Å². The highest BCUT2D eigenvalue weighted by Crippen LogP contribution is 2.39. The largest absolute Gasteiger partial charge is 0.318 e. The Morgan fingerprint density at radius 1 is 1.00 bits per heavy atom. The van der Waals surface area contributed by atoms with Crippen molar-refractivity contribution in [3.05, 3.63) is 84.1 Å². The molecule has 5 nitrogen and oxygen atoms in total. The summed E-state index contributed by atoms with van der Waals surface area (Å²) >= 11 is 1.68. The fourth-order valence-corrected chi connectivity index (χ4v) is 4.65. The van der Waals surface area contributed by atoms with E-state index in [4.69, 9.17) is 4.98 Å². The van der Waals surface area contributed by atoms with Crippen LogP contribution in [0.25, 0.3) is 22.5 Å². The van der Waals surface area contributed by atoms with Gasteiger partial charge in [0, 0.05) is 29.6 Å². The van der Waals surface area contributed by atoms with Crippen LogP contribution in [-0.2, 0) is 17.8 Å². The number of rotatable bonds is 5. The summed E-state index contributed by atoms with van der Waals surface area (Å²) in [6.45, 7) is 0.818. The minimum Gasteiger partial charge on any atom is -0.318 e. The van der Waals surface area contributed by atoms with Crippen molar-refractivity contribution in [2.24, 2.45) is 0 Å². The van der Waals surface area contributed by atoms with Gasteiger partial charge in [0.15, 0.2) is 5.16 Å². The molecule has 0 aliphatic carbocycles. The molecule has 0 radical (unpaired) electrons. The maximum atomic E-state index is 13.4. The van der Waals surface area contributed by atoms with Gasteiger partial charge in [-0.25, -0.2) is 18.7 Å². The van der Waals surface area contributed by atoms with Gasteiger partial charge in [-0.2, -0.15) is 0 Å². The quantitative estimate of drug-likeness (QED) is 0.457. The van der Waals surface area contributed by atoms with Crippen LogP contribution in [0.3, 0.4) is 0 Å². The highest BCUT2D eigenvalue weighted by Gasteiger charge is 2.24. The van der Waals surface area contributed by atoms with Gasteiger partial charge in [0.25, 0.3) is 0 Å². The molecule has 1 N–H and O–H groups in total. The van der Waals surface area contributed by atoms with E-state index in [9.17, 15) is 13.6 Å². The van der Waals surface area contributed by atoms with Gasteiger partial charge in [0.05, 0.1) is 17.8 Å². The third-order valence-corrected chi connectivity index (χ3v) is 6.13. The Labute approximate surface area is 187 Å². The summed E-state index contributed by atoms with van der Waals surface area (Å²) in [5.74, 6) is 0.471. The molecule has 1 amide bonds. The first kappa shape index (κ1) is 20.4. The number of thioether (sulfide) groups is 1. The van der Waals surface area contributed by atoms with Crippen LogP contribution in [0.1, 0.15) is 5.56 Å². The zero-order valence-corrected chi connectivity index (χ0v) is 17.7. The smallest absolute Gasteiger partial charge is 0.229 e. The molecule has 0 unspecified atom stereocenters. The van der Waals surface area contributed by atoms with E-state index in [2.05, 4.69) is 14.9 Å². The molecule has 0 spiro atoms. The molecule has 1 aliphatic rings. The Kier molecular flexibility index (Phi) is 5.45. The molecule has 0 atom stereocenters. The van der Waals surface area contributed by atoms with Crippen LogP contribution in [-0.4, -0.2) is 26.2 Å². The molecular weight excluding hydrogens is 430 g/mol. The lowest BCUT2D eigenvalue weighted by atomic mass is 10.1. The van der Waals surface area contributed by atoms with Crippen molar-refractivity contribution in [2.45, 2.75) is 18.1 Å². The molecule has 1 aliphatic heterocycles. The molecule has 2 aromatic carbocycles. The number of fused-ring (bicyclic) bond motifs is 1. The number of imidazole rings is 1. The summed E-state index contributed by atoms with van der Waals surface area (Å²) in [4.78, 5) is 21.5. The van der Waals surface area contributed by atoms with Crippen LogP contribution in [0.4, 0.5) is 14.6 Å². The Hall–Kier alpha value is -3.52. The zero-order chi connectivity index (χ0) is 22.1. The topological polar surface area (TPSA) is 59.8 Å². The number of halogens is 2. The first-order valence-corrected chi connectivity index (χ1v) is 11.1. The second-order valence-electron chi connectivity index (χ2n) is 7.38. The summed E-state index contributed by atoms with van der Waals surface area (Å²) < 4.78 is 28.7. The molecule has 32 heavy (non-hydrogen) atoms. The van der Waals surface area contributed by atoms with E-state index in [1.54, 1.807) is 42.2 Å². The summed E-state index contributed by atoms with van der Waals surface area (Å²) in [6.07, 6.45) is 1.76. The number of nitrogens with one attached hydrogen (secondary N) is 1. The van der Waals surface area contributed by atoms with Crippen molar-refractivity contribution in [2.75, 3.05) is 11.1 Å². The van der Waals surface area contributed by atoms with Crippen LogP contribution in [0, 0.1) is 11.6 Å². The summed E-state index contributed by atoms with van der Waals surface area (Å²) in [7, 11) is 0. The number of aromatic nitrogens is 3. The molecule has 0 saturated carbocycles. The Bertz CT molecular complexity index is 1290. The highest BCUT2D eigenvalue weighted by molar-refractivity contribution is 7.99. The van der Waals surface area contributed by atoms with E-state index >= 15 is 0 Å². The van der Waals surface area contributed by atoms with Crippen molar-refractivity contribution in [3.8, 4) is 22.5 Å². The molecule has 0 bridgehead atoms. The van der Waals surface area contributed by atoms with Crippen molar-refractivity contribution in [1.29, 1.82) is 0 Å². The first-order valence-electron chi connectivity index (χ1n) is 10.1. The van der Waals surface area contributed by atoms with Crippen molar-refractivity contribution in [3.63, 3.8) is 0 Å². The standard InChI is InChI=1S/C24H18F2N4OS/c25-18-5-1-15(2-6-18)13-21(31)28-20-14-17(9-10-27-20)23-22(16-3-7-19(26)8-4-16)29-24-30(23)11-12-32-24/h1-10,14H,11-13H2,(H,27,28,31). The van der Waals surface area contributed by atoms with E-state index in [1.807, 2.05) is 12.1 Å². The van der Waals surface area contributed by atoms with Crippen LogP contribution >= 0.6 is 11.8 Å². The molecular formula is C24H18F2N4OS. The second kappa shape index (κ2) is 8.55. The van der Waals surface area contributed by atoms with Gasteiger partial charge < -0.3 is 9.88 Å². The molecule has 0 fully saturated rings. The third-order valence-electron chi connectivity index (χ3n) is 5.18. The van der Waals surface area contributed by atoms with E-state index in [1.165, 1.54) is 24.3 Å². The van der Waals surface area contributed by atoms with Crippen LogP contribution in [0.15, 0.2) is 72.0 Å². The zero-order valence-electron chi connectivity index (χ0n) is 16.9. The number of amides is 1. The second-order valence-corrected chi connectivity index (χ2v) is 8.44. The van der Waals surface area contributed by atoms with Crippen molar-refractivity contribution in [1.82, 2.24) is 14.5 Å². The molecule has 8 heteroatoms. The number of hydrogen-bond donors (Lipinski definition) is 1.